The number of aromatic nitrogens is 2. The van der Waals surface area contributed by atoms with Gasteiger partial charge in [-0.2, -0.15) is 0 Å². The summed E-state index contributed by atoms with van der Waals surface area (Å²) < 4.78 is 7.69. The van der Waals surface area contributed by atoms with E-state index in [-0.39, 0.29) is 30.7 Å². The van der Waals surface area contributed by atoms with Crippen LogP contribution >= 0.6 is 24.8 Å². The molecule has 1 aromatic heterocycles. The van der Waals surface area contributed by atoms with Crippen molar-refractivity contribution in [1.82, 2.24) is 9.55 Å². The Morgan fingerprint density at radius 1 is 1.18 bits per heavy atom. The van der Waals surface area contributed by atoms with E-state index < -0.39 is 5.41 Å². The van der Waals surface area contributed by atoms with Crippen LogP contribution in [0, 0.1) is 5.41 Å². The van der Waals surface area contributed by atoms with E-state index in [2.05, 4.69) is 14.9 Å². The number of nitrogens with one attached hydrogen (secondary N) is 1. The molecule has 6 nitrogen and oxygen atoms in total. The molecule has 3 N–H and O–H groups in total. The van der Waals surface area contributed by atoms with Gasteiger partial charge in [-0.15, -0.1) is 24.8 Å². The summed E-state index contributed by atoms with van der Waals surface area (Å²) in [6.07, 6.45) is 6.88. The van der Waals surface area contributed by atoms with Crippen molar-refractivity contribution in [3.8, 4) is 11.4 Å². The first-order valence-corrected chi connectivity index (χ1v) is 9.46. The first-order valence-electron chi connectivity index (χ1n) is 9.46. The van der Waals surface area contributed by atoms with Crippen LogP contribution in [0.25, 0.3) is 11.4 Å². The molecule has 1 fully saturated rings. The molecule has 0 aliphatic carbocycles. The summed E-state index contributed by atoms with van der Waals surface area (Å²) in [7, 11) is 0. The van der Waals surface area contributed by atoms with Crippen LogP contribution in [0.15, 0.2) is 30.5 Å². The molecule has 4 rings (SSSR count). The van der Waals surface area contributed by atoms with Gasteiger partial charge in [-0.25, -0.2) is 4.98 Å². The quantitative estimate of drug-likeness (QED) is 0.784. The number of anilines is 1. The van der Waals surface area contributed by atoms with Gasteiger partial charge in [-0.05, 0) is 56.4 Å². The summed E-state index contributed by atoms with van der Waals surface area (Å²) in [5.74, 6) is 1.01. The molecule has 2 aromatic rings. The van der Waals surface area contributed by atoms with E-state index in [1.807, 2.05) is 30.5 Å². The molecule has 0 atom stereocenters. The number of nitrogens with two attached hydrogens (primary N) is 1. The van der Waals surface area contributed by atoms with Crippen molar-refractivity contribution in [3.63, 3.8) is 0 Å². The Bertz CT molecular complexity index is 786. The lowest BCUT2D eigenvalue weighted by Crippen LogP contribution is -2.46. The summed E-state index contributed by atoms with van der Waals surface area (Å²) in [6.45, 7) is 2.56. The van der Waals surface area contributed by atoms with E-state index >= 15 is 0 Å². The van der Waals surface area contributed by atoms with Gasteiger partial charge < -0.3 is 20.4 Å². The maximum Gasteiger partial charge on any atom is 0.232 e. The van der Waals surface area contributed by atoms with Crippen molar-refractivity contribution in [1.29, 1.82) is 0 Å². The third kappa shape index (κ3) is 4.35. The van der Waals surface area contributed by atoms with Crippen LogP contribution in [-0.4, -0.2) is 35.2 Å². The Hall–Kier alpha value is -1.60. The van der Waals surface area contributed by atoms with E-state index in [4.69, 9.17) is 10.5 Å². The van der Waals surface area contributed by atoms with E-state index in [0.717, 1.165) is 30.0 Å². The van der Waals surface area contributed by atoms with Crippen LogP contribution in [0.1, 0.15) is 31.4 Å². The zero-order valence-electron chi connectivity index (χ0n) is 15.9. The van der Waals surface area contributed by atoms with Crippen molar-refractivity contribution >= 4 is 36.4 Å². The van der Waals surface area contributed by atoms with Gasteiger partial charge in [0, 0.05) is 49.4 Å². The Morgan fingerprint density at radius 3 is 2.57 bits per heavy atom. The van der Waals surface area contributed by atoms with E-state index in [0.29, 0.717) is 32.6 Å². The van der Waals surface area contributed by atoms with Crippen LogP contribution in [0.3, 0.4) is 0 Å². The van der Waals surface area contributed by atoms with Crippen LogP contribution in [-0.2, 0) is 22.5 Å². The molecule has 154 valence electrons. The summed E-state index contributed by atoms with van der Waals surface area (Å²) in [5, 5.41) is 3.04. The van der Waals surface area contributed by atoms with Gasteiger partial charge in [0.2, 0.25) is 5.91 Å². The van der Waals surface area contributed by atoms with Gasteiger partial charge >= 0.3 is 0 Å². The summed E-state index contributed by atoms with van der Waals surface area (Å²) >= 11 is 0. The number of benzene rings is 1. The van der Waals surface area contributed by atoms with Gasteiger partial charge in [-0.3, -0.25) is 4.79 Å². The van der Waals surface area contributed by atoms with Gasteiger partial charge in [0.1, 0.15) is 5.82 Å². The highest BCUT2D eigenvalue weighted by Crippen LogP contribution is 2.31. The number of imidazole rings is 1. The Kier molecular flexibility index (Phi) is 7.89. The van der Waals surface area contributed by atoms with Gasteiger partial charge in [-0.1, -0.05) is 0 Å². The third-order valence-electron chi connectivity index (χ3n) is 5.73. The van der Waals surface area contributed by atoms with Crippen molar-refractivity contribution in [2.45, 2.75) is 38.6 Å². The predicted octanol–water partition coefficient (Wildman–Crippen LogP) is 3.42. The largest absolute Gasteiger partial charge is 0.381 e. The molecular weight excluding hydrogens is 399 g/mol. The fraction of sp³-hybridized carbons (Fsp3) is 0.500. The number of hydrogen-bond acceptors (Lipinski definition) is 4. The molecule has 2 aliphatic heterocycles. The fourth-order valence-electron chi connectivity index (χ4n) is 3.92. The van der Waals surface area contributed by atoms with Crippen molar-refractivity contribution in [2.75, 3.05) is 25.1 Å². The average Bonchev–Trinajstić information content (AvgIpc) is 3.13. The standard InChI is InChI=1S/C20H26N4O2.2ClH/c21-14-20(8-11-26-12-9-20)19(25)23-16-6-4-15(5-7-16)18-22-13-17-3-1-2-10-24(17)18;;/h4-7,13H,1-3,8-12,14,21H2,(H,23,25);2*1H. The topological polar surface area (TPSA) is 82.2 Å². The molecule has 1 saturated heterocycles. The fourth-order valence-corrected chi connectivity index (χ4v) is 3.92. The number of amides is 1. The highest BCUT2D eigenvalue weighted by molar-refractivity contribution is 5.95. The van der Waals surface area contributed by atoms with Gasteiger partial charge in [0.05, 0.1) is 5.41 Å². The Labute approximate surface area is 178 Å². The van der Waals surface area contributed by atoms with Crippen LogP contribution < -0.4 is 11.1 Å². The minimum absolute atomic E-state index is 0. The molecule has 1 amide bonds. The zero-order chi connectivity index (χ0) is 18.0. The molecule has 3 heterocycles. The minimum atomic E-state index is -0.515. The summed E-state index contributed by atoms with van der Waals surface area (Å²) in [6, 6.07) is 7.94. The maximum atomic E-state index is 12.8. The zero-order valence-corrected chi connectivity index (χ0v) is 17.5. The minimum Gasteiger partial charge on any atom is -0.381 e. The third-order valence-corrected chi connectivity index (χ3v) is 5.73. The maximum absolute atomic E-state index is 12.8. The number of fused-ring (bicyclic) bond motifs is 1. The van der Waals surface area contributed by atoms with Crippen LogP contribution in [0.2, 0.25) is 0 Å². The molecule has 8 heteroatoms. The normalized spacial score (nSPS) is 17.6. The summed E-state index contributed by atoms with van der Waals surface area (Å²) in [4.78, 5) is 17.4. The molecule has 0 bridgehead atoms. The van der Waals surface area contributed by atoms with Gasteiger partial charge in [0.25, 0.3) is 0 Å². The monoisotopic (exact) mass is 426 g/mol. The first kappa shape index (κ1) is 22.7. The number of nitrogens with zero attached hydrogens (tertiary/aromatic N) is 2. The molecule has 28 heavy (non-hydrogen) atoms. The number of aryl methyl sites for hydroxylation is 1. The molecular formula is C20H28Cl2N4O2. The highest BCUT2D eigenvalue weighted by Gasteiger charge is 2.38. The number of carbonyl (C=O) groups excluding carboxylic acids is 1. The van der Waals surface area contributed by atoms with E-state index in [9.17, 15) is 4.79 Å². The second kappa shape index (κ2) is 9.74. The Balaban J connectivity index is 0.00000140. The van der Waals surface area contributed by atoms with Crippen molar-refractivity contribution in [3.05, 3.63) is 36.2 Å². The molecule has 1 aromatic carbocycles. The van der Waals surface area contributed by atoms with E-state index in [1.54, 1.807) is 0 Å². The number of halogens is 2. The lowest BCUT2D eigenvalue weighted by Gasteiger charge is -2.34. The smallest absolute Gasteiger partial charge is 0.232 e. The van der Waals surface area contributed by atoms with Crippen molar-refractivity contribution in [2.24, 2.45) is 11.1 Å². The van der Waals surface area contributed by atoms with Crippen LogP contribution in [0.4, 0.5) is 5.69 Å². The average molecular weight is 427 g/mol. The second-order valence-corrected chi connectivity index (χ2v) is 7.31. The van der Waals surface area contributed by atoms with Gasteiger partial charge in [0.15, 0.2) is 0 Å². The molecule has 2 aliphatic rings. The number of ether oxygens (including phenoxy) is 1. The molecule has 0 unspecified atom stereocenters. The lowest BCUT2D eigenvalue weighted by atomic mass is 9.79. The Morgan fingerprint density at radius 2 is 1.89 bits per heavy atom. The molecule has 0 saturated carbocycles. The van der Waals surface area contributed by atoms with Crippen molar-refractivity contribution < 1.29 is 9.53 Å². The lowest BCUT2D eigenvalue weighted by molar-refractivity contribution is -0.130. The molecule has 0 radical (unpaired) electrons. The predicted molar refractivity (Wildman–Crippen MR) is 115 cm³/mol. The van der Waals surface area contributed by atoms with E-state index in [1.165, 1.54) is 18.5 Å². The highest BCUT2D eigenvalue weighted by atomic mass is 35.5. The first-order chi connectivity index (χ1) is 12.7. The second-order valence-electron chi connectivity index (χ2n) is 7.31. The summed E-state index contributed by atoms with van der Waals surface area (Å²) in [5.41, 5.74) is 8.59. The SMILES string of the molecule is Cl.Cl.NCC1(C(=O)Nc2ccc(-c3ncc4n3CCCC4)cc2)CCOCC1. The number of carbonyl (C=O) groups is 1. The number of rotatable bonds is 4. The number of hydrogen-bond donors (Lipinski definition) is 2. The van der Waals surface area contributed by atoms with Crippen LogP contribution in [0.5, 0.6) is 0 Å². The molecule has 0 spiro atoms.